The lowest BCUT2D eigenvalue weighted by Gasteiger charge is -2.61. The van der Waals surface area contributed by atoms with Crippen LogP contribution in [0.15, 0.2) is 4.99 Å². The molecule has 0 aromatic rings. The number of hydrogen-bond acceptors (Lipinski definition) is 3. The van der Waals surface area contributed by atoms with Crippen LogP contribution in [0.1, 0.15) is 71.1 Å². The standard InChI is InChI=1S/C22H39N3O2.HI/c1-3-26-20-15-19(22(20)11-6-12-22)24-21(23-2)25-13-9-18(10-14-25)27-16-17-7-4-5-8-17;/h17-20H,3-16H2,1-2H3,(H,23,24);1H. The van der Waals surface area contributed by atoms with E-state index in [0.717, 1.165) is 57.4 Å². The summed E-state index contributed by atoms with van der Waals surface area (Å²) in [6.07, 6.45) is 13.8. The Bertz CT molecular complexity index is 512. The van der Waals surface area contributed by atoms with Crippen LogP contribution < -0.4 is 5.32 Å². The van der Waals surface area contributed by atoms with Gasteiger partial charge in [0.15, 0.2) is 5.96 Å². The highest BCUT2D eigenvalue weighted by Crippen LogP contribution is 2.57. The lowest BCUT2D eigenvalue weighted by molar-refractivity contribution is -0.169. The SMILES string of the molecule is CCOC1CC(NC(=NC)N2CCC(OCC3CCCC3)CC2)C12CCC2.I. The summed E-state index contributed by atoms with van der Waals surface area (Å²) in [5, 5.41) is 3.80. The summed E-state index contributed by atoms with van der Waals surface area (Å²) in [4.78, 5) is 7.05. The third kappa shape index (κ3) is 4.64. The maximum absolute atomic E-state index is 6.24. The number of aliphatic imine (C=N–C) groups is 1. The van der Waals surface area contributed by atoms with Crippen molar-refractivity contribution in [3.8, 4) is 0 Å². The Labute approximate surface area is 188 Å². The van der Waals surface area contributed by atoms with Crippen LogP contribution in [0.4, 0.5) is 0 Å². The maximum Gasteiger partial charge on any atom is 0.193 e. The summed E-state index contributed by atoms with van der Waals surface area (Å²) in [5.74, 6) is 1.92. The number of hydrogen-bond donors (Lipinski definition) is 1. The minimum absolute atomic E-state index is 0. The van der Waals surface area contributed by atoms with E-state index in [1.54, 1.807) is 0 Å². The van der Waals surface area contributed by atoms with Gasteiger partial charge in [-0.05, 0) is 57.8 Å². The third-order valence-corrected chi connectivity index (χ3v) is 7.74. The van der Waals surface area contributed by atoms with Gasteiger partial charge in [0.25, 0.3) is 0 Å². The first-order valence-corrected chi connectivity index (χ1v) is 11.5. The number of nitrogens with one attached hydrogen (secondary N) is 1. The number of rotatable bonds is 6. The van der Waals surface area contributed by atoms with Gasteiger partial charge in [-0.2, -0.15) is 0 Å². The number of ether oxygens (including phenoxy) is 2. The van der Waals surface area contributed by atoms with E-state index in [0.29, 0.717) is 23.7 Å². The van der Waals surface area contributed by atoms with E-state index in [9.17, 15) is 0 Å². The molecule has 1 spiro atoms. The summed E-state index contributed by atoms with van der Waals surface area (Å²) in [6, 6.07) is 0.540. The topological polar surface area (TPSA) is 46.1 Å². The molecule has 28 heavy (non-hydrogen) atoms. The second-order valence-corrected chi connectivity index (χ2v) is 9.18. The van der Waals surface area contributed by atoms with E-state index in [4.69, 9.17) is 9.47 Å². The average molecular weight is 505 g/mol. The molecular formula is C22H40IN3O2. The molecule has 162 valence electrons. The first-order chi connectivity index (χ1) is 13.2. The predicted octanol–water partition coefficient (Wildman–Crippen LogP) is 4.20. The zero-order valence-electron chi connectivity index (χ0n) is 17.8. The van der Waals surface area contributed by atoms with Gasteiger partial charge in [-0.1, -0.05) is 19.3 Å². The fraction of sp³-hybridized carbons (Fsp3) is 0.955. The third-order valence-electron chi connectivity index (χ3n) is 7.74. The molecule has 2 unspecified atom stereocenters. The summed E-state index contributed by atoms with van der Waals surface area (Å²) in [6.45, 7) is 6.06. The second-order valence-electron chi connectivity index (χ2n) is 9.18. The molecule has 0 aromatic carbocycles. The second kappa shape index (κ2) is 10.3. The summed E-state index contributed by atoms with van der Waals surface area (Å²) in [5.41, 5.74) is 0.384. The van der Waals surface area contributed by atoms with Crippen LogP contribution >= 0.6 is 24.0 Å². The molecule has 0 radical (unpaired) electrons. The van der Waals surface area contributed by atoms with Crippen LogP contribution in [0, 0.1) is 11.3 Å². The van der Waals surface area contributed by atoms with Crippen molar-refractivity contribution < 1.29 is 9.47 Å². The fourth-order valence-corrected chi connectivity index (χ4v) is 5.78. The van der Waals surface area contributed by atoms with E-state index in [-0.39, 0.29) is 24.0 Å². The Kier molecular flexibility index (Phi) is 8.31. The molecule has 4 fully saturated rings. The summed E-state index contributed by atoms with van der Waals surface area (Å²) >= 11 is 0. The number of nitrogens with zero attached hydrogens (tertiary/aromatic N) is 2. The van der Waals surface area contributed by atoms with Crippen molar-refractivity contribution in [2.24, 2.45) is 16.3 Å². The Balaban J connectivity index is 0.00000225. The number of likely N-dealkylation sites (tertiary alicyclic amines) is 1. The number of guanidine groups is 1. The molecule has 1 N–H and O–H groups in total. The quantitative estimate of drug-likeness (QED) is 0.334. The lowest BCUT2D eigenvalue weighted by atomic mass is 9.51. The monoisotopic (exact) mass is 505 g/mol. The first kappa shape index (κ1) is 22.6. The molecule has 2 atom stereocenters. The van der Waals surface area contributed by atoms with Crippen molar-refractivity contribution in [2.75, 3.05) is 33.4 Å². The highest BCUT2D eigenvalue weighted by Gasteiger charge is 2.59. The van der Waals surface area contributed by atoms with Crippen molar-refractivity contribution in [1.29, 1.82) is 0 Å². The zero-order chi connectivity index (χ0) is 18.7. The average Bonchev–Trinajstić information content (AvgIpc) is 3.15. The molecule has 4 aliphatic rings. The predicted molar refractivity (Wildman–Crippen MR) is 125 cm³/mol. The van der Waals surface area contributed by atoms with E-state index in [2.05, 4.69) is 22.1 Å². The van der Waals surface area contributed by atoms with Crippen LogP contribution in [0.3, 0.4) is 0 Å². The maximum atomic E-state index is 6.24. The van der Waals surface area contributed by atoms with Gasteiger partial charge in [-0.15, -0.1) is 24.0 Å². The molecule has 6 heteroatoms. The Hall–Kier alpha value is -0.0800. The molecule has 4 rings (SSSR count). The molecule has 0 aromatic heterocycles. The molecule has 1 saturated heterocycles. The van der Waals surface area contributed by atoms with Crippen molar-refractivity contribution >= 4 is 29.9 Å². The van der Waals surface area contributed by atoms with Crippen molar-refractivity contribution in [3.05, 3.63) is 0 Å². The molecule has 1 aliphatic heterocycles. The Morgan fingerprint density at radius 3 is 2.36 bits per heavy atom. The smallest absolute Gasteiger partial charge is 0.193 e. The molecular weight excluding hydrogens is 465 g/mol. The number of halogens is 1. The molecule has 3 saturated carbocycles. The highest BCUT2D eigenvalue weighted by atomic mass is 127. The Morgan fingerprint density at radius 1 is 1.07 bits per heavy atom. The zero-order valence-corrected chi connectivity index (χ0v) is 20.2. The molecule has 5 nitrogen and oxygen atoms in total. The van der Waals surface area contributed by atoms with Crippen LogP contribution in [0.5, 0.6) is 0 Å². The summed E-state index contributed by atoms with van der Waals surface area (Å²) < 4.78 is 12.2. The van der Waals surface area contributed by atoms with Crippen LogP contribution in [0.25, 0.3) is 0 Å². The Morgan fingerprint density at radius 2 is 1.79 bits per heavy atom. The van der Waals surface area contributed by atoms with Gasteiger partial charge < -0.3 is 19.7 Å². The minimum Gasteiger partial charge on any atom is -0.378 e. The summed E-state index contributed by atoms with van der Waals surface area (Å²) in [7, 11) is 1.93. The van der Waals surface area contributed by atoms with Gasteiger partial charge in [0.2, 0.25) is 0 Å². The molecule has 0 amide bonds. The van der Waals surface area contributed by atoms with Crippen LogP contribution in [-0.2, 0) is 9.47 Å². The van der Waals surface area contributed by atoms with Crippen molar-refractivity contribution in [2.45, 2.75) is 89.4 Å². The van der Waals surface area contributed by atoms with Crippen molar-refractivity contribution in [3.63, 3.8) is 0 Å². The van der Waals surface area contributed by atoms with Gasteiger partial charge in [0.1, 0.15) is 0 Å². The van der Waals surface area contributed by atoms with Gasteiger partial charge in [0.05, 0.1) is 12.2 Å². The number of piperidine rings is 1. The van der Waals surface area contributed by atoms with E-state index in [1.165, 1.54) is 44.9 Å². The van der Waals surface area contributed by atoms with E-state index in [1.807, 2.05) is 7.05 Å². The van der Waals surface area contributed by atoms with Gasteiger partial charge in [-0.25, -0.2) is 0 Å². The van der Waals surface area contributed by atoms with Gasteiger partial charge in [0, 0.05) is 44.8 Å². The van der Waals surface area contributed by atoms with Crippen molar-refractivity contribution in [1.82, 2.24) is 10.2 Å². The fourth-order valence-electron chi connectivity index (χ4n) is 5.78. The van der Waals surface area contributed by atoms with Gasteiger partial charge in [-0.3, -0.25) is 4.99 Å². The first-order valence-electron chi connectivity index (χ1n) is 11.5. The lowest BCUT2D eigenvalue weighted by Crippen LogP contribution is -2.69. The highest BCUT2D eigenvalue weighted by molar-refractivity contribution is 14.0. The molecule has 3 aliphatic carbocycles. The molecule has 1 heterocycles. The van der Waals surface area contributed by atoms with E-state index < -0.39 is 0 Å². The molecule has 0 bridgehead atoms. The minimum atomic E-state index is 0. The largest absolute Gasteiger partial charge is 0.378 e. The van der Waals surface area contributed by atoms with Gasteiger partial charge >= 0.3 is 0 Å². The van der Waals surface area contributed by atoms with Crippen LogP contribution in [-0.4, -0.2) is 62.5 Å². The van der Waals surface area contributed by atoms with E-state index >= 15 is 0 Å². The van der Waals surface area contributed by atoms with Crippen LogP contribution in [0.2, 0.25) is 0 Å². The normalized spacial score (nSPS) is 30.6.